The van der Waals surface area contributed by atoms with Crippen LogP contribution in [0.1, 0.15) is 23.7 Å². The maximum Gasteiger partial charge on any atom is 0.410 e. The first kappa shape index (κ1) is 23.9. The maximum absolute atomic E-state index is 12.8. The lowest BCUT2D eigenvalue weighted by Gasteiger charge is -2.37. The van der Waals surface area contributed by atoms with E-state index in [0.29, 0.717) is 19.5 Å². The van der Waals surface area contributed by atoms with E-state index in [2.05, 4.69) is 52.0 Å². The normalized spacial score (nSPS) is 15.4. The summed E-state index contributed by atoms with van der Waals surface area (Å²) in [7, 11) is 2.05. The Labute approximate surface area is 213 Å². The maximum atomic E-state index is 12.8. The van der Waals surface area contributed by atoms with Crippen molar-refractivity contribution < 1.29 is 9.53 Å². The van der Waals surface area contributed by atoms with Crippen LogP contribution in [0.15, 0.2) is 60.7 Å². The lowest BCUT2D eigenvalue weighted by atomic mass is 10.1. The van der Waals surface area contributed by atoms with E-state index in [4.69, 9.17) is 14.7 Å². The van der Waals surface area contributed by atoms with E-state index in [1.165, 1.54) is 5.69 Å². The van der Waals surface area contributed by atoms with Gasteiger partial charge in [0.2, 0.25) is 5.95 Å². The molecule has 1 aromatic heterocycles. The number of carbonyl (C=O) groups excluding carboxylic acids is 1. The predicted molar refractivity (Wildman–Crippen MR) is 143 cm³/mol. The number of ether oxygens (including phenoxy) is 1. The number of piperazine rings is 1. The van der Waals surface area contributed by atoms with E-state index >= 15 is 0 Å². The number of rotatable bonds is 6. The highest BCUT2D eigenvalue weighted by molar-refractivity contribution is 5.69. The Hall–Kier alpha value is -3.81. The van der Waals surface area contributed by atoms with Gasteiger partial charge in [0.1, 0.15) is 12.4 Å². The Kier molecular flexibility index (Phi) is 7.21. The van der Waals surface area contributed by atoms with Gasteiger partial charge >= 0.3 is 6.09 Å². The second-order valence-corrected chi connectivity index (χ2v) is 9.31. The average molecular weight is 487 g/mol. The zero-order chi connectivity index (χ0) is 24.9. The molecule has 8 heteroatoms. The number of para-hydroxylation sites is 1. The van der Waals surface area contributed by atoms with Crippen molar-refractivity contribution in [3.8, 4) is 0 Å². The van der Waals surface area contributed by atoms with Gasteiger partial charge in [0.25, 0.3) is 0 Å². The van der Waals surface area contributed by atoms with Crippen LogP contribution in [0.4, 0.5) is 22.2 Å². The molecule has 8 nitrogen and oxygen atoms in total. The molecule has 2 aliphatic rings. The molecule has 5 rings (SSSR count). The van der Waals surface area contributed by atoms with Gasteiger partial charge in [0.05, 0.1) is 12.2 Å². The second-order valence-electron chi connectivity index (χ2n) is 9.31. The van der Waals surface area contributed by atoms with Crippen molar-refractivity contribution in [1.82, 2.24) is 14.9 Å². The molecular weight excluding hydrogens is 452 g/mol. The van der Waals surface area contributed by atoms with E-state index in [9.17, 15) is 4.79 Å². The standard InChI is InChI=1S/C28H34N6O2/c1-3-31(2)26-24-20-34(28(35)36-21-22-10-6-4-7-11-22)15-14-25(24)29-27(30-26)33-18-16-32(17-19-33)23-12-8-5-9-13-23/h4-13H,3,14-21H2,1-2H3. The quantitative estimate of drug-likeness (QED) is 0.523. The van der Waals surface area contributed by atoms with Crippen molar-refractivity contribution in [3.05, 3.63) is 77.5 Å². The Morgan fingerprint density at radius 2 is 1.58 bits per heavy atom. The van der Waals surface area contributed by atoms with Crippen molar-refractivity contribution in [2.24, 2.45) is 0 Å². The minimum Gasteiger partial charge on any atom is -0.445 e. The van der Waals surface area contributed by atoms with Gasteiger partial charge in [-0.05, 0) is 24.6 Å². The molecule has 36 heavy (non-hydrogen) atoms. The fourth-order valence-electron chi connectivity index (χ4n) is 4.76. The van der Waals surface area contributed by atoms with Gasteiger partial charge in [0, 0.05) is 64.0 Å². The third-order valence-electron chi connectivity index (χ3n) is 7.01. The summed E-state index contributed by atoms with van der Waals surface area (Å²) >= 11 is 0. The Bertz CT molecular complexity index is 1170. The van der Waals surface area contributed by atoms with E-state index in [1.54, 1.807) is 4.90 Å². The summed E-state index contributed by atoms with van der Waals surface area (Å²) in [6, 6.07) is 20.3. The minimum absolute atomic E-state index is 0.273. The fraction of sp³-hybridized carbons (Fsp3) is 0.393. The van der Waals surface area contributed by atoms with Gasteiger partial charge in [0.15, 0.2) is 0 Å². The largest absolute Gasteiger partial charge is 0.445 e. The van der Waals surface area contributed by atoms with Gasteiger partial charge in [-0.3, -0.25) is 0 Å². The zero-order valence-electron chi connectivity index (χ0n) is 21.1. The molecule has 188 valence electrons. The lowest BCUT2D eigenvalue weighted by molar-refractivity contribution is 0.0916. The summed E-state index contributed by atoms with van der Waals surface area (Å²) in [6.07, 6.45) is 0.399. The first-order chi connectivity index (χ1) is 17.6. The van der Waals surface area contributed by atoms with E-state index in [1.807, 2.05) is 37.4 Å². The summed E-state index contributed by atoms with van der Waals surface area (Å²) in [5.41, 5.74) is 4.30. The molecule has 0 N–H and O–H groups in total. The number of hydrogen-bond acceptors (Lipinski definition) is 7. The highest BCUT2D eigenvalue weighted by Crippen LogP contribution is 2.29. The number of benzene rings is 2. The molecule has 1 saturated heterocycles. The summed E-state index contributed by atoms with van der Waals surface area (Å²) in [4.78, 5) is 31.4. The first-order valence-electron chi connectivity index (χ1n) is 12.7. The van der Waals surface area contributed by atoms with Gasteiger partial charge in [-0.25, -0.2) is 9.78 Å². The molecule has 0 saturated carbocycles. The molecule has 0 bridgehead atoms. The lowest BCUT2D eigenvalue weighted by Crippen LogP contribution is -2.47. The molecule has 0 unspecified atom stereocenters. The Balaban J connectivity index is 1.29. The van der Waals surface area contributed by atoms with Crippen LogP contribution in [0, 0.1) is 0 Å². The molecule has 3 heterocycles. The summed E-state index contributed by atoms with van der Waals surface area (Å²) in [6.45, 7) is 7.88. The van der Waals surface area contributed by atoms with Crippen molar-refractivity contribution in [3.63, 3.8) is 0 Å². The molecule has 1 fully saturated rings. The minimum atomic E-state index is -0.296. The molecule has 3 aromatic rings. The van der Waals surface area contributed by atoms with Gasteiger partial charge in [-0.2, -0.15) is 4.98 Å². The smallest absolute Gasteiger partial charge is 0.410 e. The van der Waals surface area contributed by atoms with Crippen LogP contribution in [-0.2, 0) is 24.3 Å². The summed E-state index contributed by atoms with van der Waals surface area (Å²) in [5, 5.41) is 0. The van der Waals surface area contributed by atoms with Crippen LogP contribution in [0.25, 0.3) is 0 Å². The van der Waals surface area contributed by atoms with Crippen LogP contribution in [-0.4, -0.2) is 67.3 Å². The van der Waals surface area contributed by atoms with Crippen molar-refractivity contribution >= 4 is 23.5 Å². The highest BCUT2D eigenvalue weighted by atomic mass is 16.6. The number of nitrogens with zero attached hydrogens (tertiary/aromatic N) is 6. The molecular formula is C28H34N6O2. The molecule has 0 radical (unpaired) electrons. The number of amides is 1. The van der Waals surface area contributed by atoms with Crippen LogP contribution < -0.4 is 14.7 Å². The van der Waals surface area contributed by atoms with E-state index < -0.39 is 0 Å². The van der Waals surface area contributed by atoms with Crippen LogP contribution in [0.3, 0.4) is 0 Å². The third kappa shape index (κ3) is 5.22. The number of carbonyl (C=O) groups is 1. The molecule has 0 spiro atoms. The van der Waals surface area contributed by atoms with Crippen molar-refractivity contribution in [2.45, 2.75) is 26.5 Å². The fourth-order valence-corrected chi connectivity index (χ4v) is 4.76. The van der Waals surface area contributed by atoms with Crippen molar-refractivity contribution in [1.29, 1.82) is 0 Å². The number of hydrogen-bond donors (Lipinski definition) is 0. The summed E-state index contributed by atoms with van der Waals surface area (Å²) in [5.74, 6) is 1.69. The molecule has 0 aliphatic carbocycles. The van der Waals surface area contributed by atoms with Crippen LogP contribution >= 0.6 is 0 Å². The zero-order valence-corrected chi connectivity index (χ0v) is 21.1. The molecule has 0 atom stereocenters. The first-order valence-corrected chi connectivity index (χ1v) is 12.7. The number of fused-ring (bicyclic) bond motifs is 1. The topological polar surface area (TPSA) is 65.0 Å². The van der Waals surface area contributed by atoms with Gasteiger partial charge in [-0.15, -0.1) is 0 Å². The van der Waals surface area contributed by atoms with Crippen LogP contribution in [0.2, 0.25) is 0 Å². The molecule has 2 aliphatic heterocycles. The SMILES string of the molecule is CCN(C)c1nc(N2CCN(c3ccccc3)CC2)nc2c1CN(C(=O)OCc1ccccc1)CC2. The Morgan fingerprint density at radius 1 is 0.917 bits per heavy atom. The molecule has 1 amide bonds. The van der Waals surface area contributed by atoms with Gasteiger partial charge in [-0.1, -0.05) is 48.5 Å². The van der Waals surface area contributed by atoms with E-state index in [0.717, 1.165) is 61.3 Å². The van der Waals surface area contributed by atoms with Gasteiger partial charge < -0.3 is 24.3 Å². The highest BCUT2D eigenvalue weighted by Gasteiger charge is 2.29. The van der Waals surface area contributed by atoms with Crippen molar-refractivity contribution in [2.75, 3.05) is 61.0 Å². The van der Waals surface area contributed by atoms with Crippen LogP contribution in [0.5, 0.6) is 0 Å². The summed E-state index contributed by atoms with van der Waals surface area (Å²) < 4.78 is 5.59. The predicted octanol–water partition coefficient (Wildman–Crippen LogP) is 3.95. The average Bonchev–Trinajstić information content (AvgIpc) is 2.95. The monoisotopic (exact) mass is 486 g/mol. The molecule has 2 aromatic carbocycles. The number of aromatic nitrogens is 2. The number of anilines is 3. The second kappa shape index (κ2) is 10.8. The van der Waals surface area contributed by atoms with E-state index in [-0.39, 0.29) is 12.7 Å². The Morgan fingerprint density at radius 3 is 2.28 bits per heavy atom. The third-order valence-corrected chi connectivity index (χ3v) is 7.01.